The van der Waals surface area contributed by atoms with Crippen molar-refractivity contribution in [2.75, 3.05) is 0 Å². The van der Waals surface area contributed by atoms with E-state index in [-0.39, 0.29) is 29.7 Å². The first-order valence-electron chi connectivity index (χ1n) is 6.85. The van der Waals surface area contributed by atoms with Crippen molar-refractivity contribution in [1.82, 2.24) is 0 Å². The highest BCUT2D eigenvalue weighted by atomic mass is 19.4. The summed E-state index contributed by atoms with van der Waals surface area (Å²) in [6.07, 6.45) is 2.62. The first-order valence-corrected chi connectivity index (χ1v) is 6.85. The van der Waals surface area contributed by atoms with Crippen LogP contribution in [0.15, 0.2) is 40.8 Å². The number of hydrogen-bond donors (Lipinski definition) is 0. The molecule has 0 N–H and O–H groups in total. The molecule has 1 aliphatic rings. The number of rotatable bonds is 3. The van der Waals surface area contributed by atoms with Crippen LogP contribution < -0.4 is 4.73 Å². The molecule has 1 aliphatic heterocycles. The average Bonchev–Trinajstić information content (AvgIpc) is 2.49. The summed E-state index contributed by atoms with van der Waals surface area (Å²) >= 11 is 0. The lowest BCUT2D eigenvalue weighted by atomic mass is 9.83. The number of carbonyl (C=O) groups excluding carboxylic acids is 1. The maximum Gasteiger partial charge on any atom is 0.433 e. The van der Waals surface area contributed by atoms with E-state index in [1.54, 1.807) is 0 Å². The molecule has 1 aromatic rings. The van der Waals surface area contributed by atoms with Crippen molar-refractivity contribution in [3.05, 3.63) is 46.6 Å². The van der Waals surface area contributed by atoms with Gasteiger partial charge in [0.2, 0.25) is 0 Å². The molecule has 0 saturated carbocycles. The molecule has 0 aromatic carbocycles. The first-order chi connectivity index (χ1) is 10.8. The number of allylic oxidation sites excluding steroid dienone is 2. The maximum atomic E-state index is 13.2. The van der Waals surface area contributed by atoms with Crippen LogP contribution in [0.1, 0.15) is 25.3 Å². The number of nitrogens with zero attached hydrogens (tertiary/aromatic N) is 2. The van der Waals surface area contributed by atoms with Gasteiger partial charge in [0, 0.05) is 29.7 Å². The number of terminal acetylenes is 1. The fourth-order valence-corrected chi connectivity index (χ4v) is 2.45. The fraction of sp³-hybridized carbons (Fsp3) is 0.312. The quantitative estimate of drug-likeness (QED) is 0.488. The van der Waals surface area contributed by atoms with Gasteiger partial charge in [-0.15, -0.1) is 12.3 Å². The van der Waals surface area contributed by atoms with Gasteiger partial charge in [-0.3, -0.25) is 4.79 Å². The third-order valence-corrected chi connectivity index (χ3v) is 3.50. The molecule has 0 radical (unpaired) electrons. The zero-order valence-electron chi connectivity index (χ0n) is 12.2. The molecule has 23 heavy (non-hydrogen) atoms. The Kier molecular flexibility index (Phi) is 4.55. The minimum atomic E-state index is -4.74. The van der Waals surface area contributed by atoms with Crippen LogP contribution in [0.2, 0.25) is 0 Å². The van der Waals surface area contributed by atoms with Gasteiger partial charge in [-0.1, -0.05) is 6.92 Å². The molecular weight excluding hydrogens is 309 g/mol. The second-order valence-electron chi connectivity index (χ2n) is 4.95. The van der Waals surface area contributed by atoms with Crippen LogP contribution in [0, 0.1) is 23.5 Å². The maximum absolute atomic E-state index is 13.2. The lowest BCUT2D eigenvalue weighted by molar-refractivity contribution is -0.605. The number of aromatic nitrogens is 1. The largest absolute Gasteiger partial charge is 0.619 e. The van der Waals surface area contributed by atoms with E-state index in [4.69, 9.17) is 6.42 Å². The van der Waals surface area contributed by atoms with E-state index in [2.05, 4.69) is 10.9 Å². The number of hydrogen-bond acceptors (Lipinski definition) is 3. The van der Waals surface area contributed by atoms with Crippen molar-refractivity contribution in [2.24, 2.45) is 10.9 Å². The van der Waals surface area contributed by atoms with E-state index in [1.165, 1.54) is 19.1 Å². The zero-order valence-corrected chi connectivity index (χ0v) is 12.2. The van der Waals surface area contributed by atoms with E-state index >= 15 is 0 Å². The molecule has 7 heteroatoms. The molecule has 0 bridgehead atoms. The number of alkyl halides is 3. The molecule has 2 rings (SSSR count). The van der Waals surface area contributed by atoms with Crippen molar-refractivity contribution in [1.29, 1.82) is 0 Å². The van der Waals surface area contributed by atoms with Crippen molar-refractivity contribution in [3.8, 4) is 12.3 Å². The third kappa shape index (κ3) is 3.26. The first kappa shape index (κ1) is 16.7. The Bertz CT molecular complexity index is 725. The smallest absolute Gasteiger partial charge is 0.433 e. The summed E-state index contributed by atoms with van der Waals surface area (Å²) in [7, 11) is 0. The summed E-state index contributed by atoms with van der Waals surface area (Å²) in [6.45, 7) is 1.47. The molecule has 1 unspecified atom stereocenters. The second-order valence-corrected chi connectivity index (χ2v) is 4.95. The van der Waals surface area contributed by atoms with Crippen molar-refractivity contribution in [3.63, 3.8) is 0 Å². The van der Waals surface area contributed by atoms with E-state index in [0.717, 1.165) is 12.4 Å². The van der Waals surface area contributed by atoms with Gasteiger partial charge in [0.05, 0.1) is 11.6 Å². The molecule has 1 aromatic heterocycles. The van der Waals surface area contributed by atoms with Crippen LogP contribution >= 0.6 is 0 Å². The summed E-state index contributed by atoms with van der Waals surface area (Å²) in [5.74, 6) is 0.698. The number of pyridine rings is 1. The monoisotopic (exact) mass is 322 g/mol. The van der Waals surface area contributed by atoms with Gasteiger partial charge >= 0.3 is 6.18 Å². The molecule has 0 saturated heterocycles. The van der Waals surface area contributed by atoms with Gasteiger partial charge in [0.25, 0.3) is 0 Å². The van der Waals surface area contributed by atoms with E-state index in [9.17, 15) is 23.2 Å². The Labute approximate surface area is 130 Å². The van der Waals surface area contributed by atoms with E-state index in [0.29, 0.717) is 4.73 Å². The number of Topliss-reactive ketones (excluding diaryl/α,β-unsaturated/α-hetero) is 1. The van der Waals surface area contributed by atoms with Crippen LogP contribution in [-0.4, -0.2) is 17.7 Å². The molecule has 0 spiro atoms. The van der Waals surface area contributed by atoms with Crippen LogP contribution in [-0.2, 0) is 4.79 Å². The van der Waals surface area contributed by atoms with Gasteiger partial charge < -0.3 is 5.21 Å². The molecule has 0 fully saturated rings. The number of ketones is 1. The summed E-state index contributed by atoms with van der Waals surface area (Å²) in [6, 6.07) is 2.63. The zero-order chi connectivity index (χ0) is 17.2. The fourth-order valence-electron chi connectivity index (χ4n) is 2.45. The Hall–Kier alpha value is -2.62. The molecule has 0 aliphatic carbocycles. The van der Waals surface area contributed by atoms with Crippen molar-refractivity contribution in [2.45, 2.75) is 25.9 Å². The third-order valence-electron chi connectivity index (χ3n) is 3.50. The highest BCUT2D eigenvalue weighted by molar-refractivity contribution is 6.20. The number of aliphatic imine (C=N–C) groups is 1. The number of carbonyl (C=O) groups is 1. The second kappa shape index (κ2) is 6.24. The van der Waals surface area contributed by atoms with E-state index in [1.807, 2.05) is 0 Å². The summed E-state index contributed by atoms with van der Waals surface area (Å²) in [4.78, 5) is 16.2. The highest BCUT2D eigenvalue weighted by Crippen LogP contribution is 2.37. The Morgan fingerprint density at radius 3 is 2.48 bits per heavy atom. The molecule has 4 nitrogen and oxygen atoms in total. The van der Waals surface area contributed by atoms with Crippen LogP contribution in [0.25, 0.3) is 0 Å². The van der Waals surface area contributed by atoms with Gasteiger partial charge in [0.1, 0.15) is 0 Å². The molecule has 120 valence electrons. The van der Waals surface area contributed by atoms with Crippen LogP contribution in [0.4, 0.5) is 13.2 Å². The predicted octanol–water partition coefficient (Wildman–Crippen LogP) is 2.56. The molecule has 1 atom stereocenters. The molecule has 2 heterocycles. The Morgan fingerprint density at radius 1 is 1.39 bits per heavy atom. The van der Waals surface area contributed by atoms with Gasteiger partial charge in [-0.25, -0.2) is 4.99 Å². The highest BCUT2D eigenvalue weighted by Gasteiger charge is 2.43. The normalized spacial score (nSPS) is 18.7. The lowest BCUT2D eigenvalue weighted by Gasteiger charge is -2.25. The van der Waals surface area contributed by atoms with E-state index < -0.39 is 23.6 Å². The lowest BCUT2D eigenvalue weighted by Crippen LogP contribution is -2.34. The van der Waals surface area contributed by atoms with Gasteiger partial charge in [0.15, 0.2) is 23.9 Å². The predicted molar refractivity (Wildman–Crippen MR) is 77.3 cm³/mol. The Balaban J connectivity index is 2.65. The number of halogens is 3. The minimum Gasteiger partial charge on any atom is -0.619 e. The average molecular weight is 322 g/mol. The van der Waals surface area contributed by atoms with Crippen molar-refractivity contribution < 1.29 is 22.7 Å². The topological polar surface area (TPSA) is 56.4 Å². The minimum absolute atomic E-state index is 0.0570. The van der Waals surface area contributed by atoms with Gasteiger partial charge in [-0.2, -0.15) is 17.9 Å². The van der Waals surface area contributed by atoms with Crippen LogP contribution in [0.5, 0.6) is 0 Å². The summed E-state index contributed by atoms with van der Waals surface area (Å²) < 4.78 is 40.1. The summed E-state index contributed by atoms with van der Waals surface area (Å²) in [5, 5.41) is 11.1. The van der Waals surface area contributed by atoms with Crippen molar-refractivity contribution >= 4 is 11.5 Å². The van der Waals surface area contributed by atoms with Crippen LogP contribution in [0.3, 0.4) is 0 Å². The summed E-state index contributed by atoms with van der Waals surface area (Å²) in [5.41, 5.74) is -1.34. The SMILES string of the molecule is C#CCC1C(=O)C(CC)=C(C(F)(F)F)N=C1c1cc[n+]([O-])cc1. The molecular formula is C16H13F3N2O2. The molecule has 0 amide bonds. The standard InChI is InChI=1S/C16H13F3N2O2/c1-3-5-12-13(10-6-8-21(23)9-7-10)20-15(16(17,18)19)11(4-2)14(12)22/h1,6-9,12H,4-5H2,2H3. The van der Waals surface area contributed by atoms with Gasteiger partial charge in [-0.05, 0) is 6.42 Å². The Morgan fingerprint density at radius 2 is 2.00 bits per heavy atom.